The molecule has 0 bridgehead atoms. The van der Waals surface area contributed by atoms with Gasteiger partial charge in [-0.1, -0.05) is 12.1 Å². The molecule has 0 aliphatic carbocycles. The van der Waals surface area contributed by atoms with E-state index in [2.05, 4.69) is 4.98 Å². The van der Waals surface area contributed by atoms with Gasteiger partial charge in [0.1, 0.15) is 0 Å². The van der Waals surface area contributed by atoms with Crippen molar-refractivity contribution >= 4 is 0 Å². The van der Waals surface area contributed by atoms with Crippen LogP contribution in [0.5, 0.6) is 11.5 Å². The molecular formula is C16H20N2O2. The third-order valence-electron chi connectivity index (χ3n) is 3.20. The van der Waals surface area contributed by atoms with Crippen molar-refractivity contribution in [2.75, 3.05) is 13.2 Å². The van der Waals surface area contributed by atoms with Crippen LogP contribution in [0.2, 0.25) is 0 Å². The van der Waals surface area contributed by atoms with Crippen molar-refractivity contribution in [1.82, 2.24) is 4.98 Å². The van der Waals surface area contributed by atoms with Gasteiger partial charge in [0, 0.05) is 24.4 Å². The minimum absolute atomic E-state index is 0.162. The second kappa shape index (κ2) is 6.91. The molecule has 1 atom stereocenters. The quantitative estimate of drug-likeness (QED) is 0.847. The summed E-state index contributed by atoms with van der Waals surface area (Å²) < 4.78 is 5.40. The summed E-state index contributed by atoms with van der Waals surface area (Å²) in [5.74, 6) is 0.842. The van der Waals surface area contributed by atoms with Crippen LogP contribution >= 0.6 is 0 Å². The van der Waals surface area contributed by atoms with Gasteiger partial charge >= 0.3 is 0 Å². The van der Waals surface area contributed by atoms with Gasteiger partial charge in [0.05, 0.1) is 6.61 Å². The lowest BCUT2D eigenvalue weighted by atomic mass is 9.95. The Kier molecular flexibility index (Phi) is 4.96. The molecule has 2 rings (SSSR count). The van der Waals surface area contributed by atoms with Crippen LogP contribution in [0.25, 0.3) is 0 Å². The van der Waals surface area contributed by atoms with E-state index >= 15 is 0 Å². The third kappa shape index (κ3) is 3.48. The first-order valence-electron chi connectivity index (χ1n) is 6.80. The molecule has 1 heterocycles. The topological polar surface area (TPSA) is 68.4 Å². The van der Waals surface area contributed by atoms with E-state index in [1.54, 1.807) is 12.3 Å². The normalized spacial score (nSPS) is 12.1. The predicted octanol–water partition coefficient (Wildman–Crippen LogP) is 2.47. The van der Waals surface area contributed by atoms with Crippen LogP contribution in [0.3, 0.4) is 0 Å². The minimum Gasteiger partial charge on any atom is -0.504 e. The lowest BCUT2D eigenvalue weighted by Crippen LogP contribution is -2.16. The molecule has 4 heteroatoms. The van der Waals surface area contributed by atoms with Crippen molar-refractivity contribution in [3.8, 4) is 11.5 Å². The molecule has 1 unspecified atom stereocenters. The van der Waals surface area contributed by atoms with Crippen LogP contribution < -0.4 is 10.5 Å². The molecule has 0 aliphatic heterocycles. The Balaban J connectivity index is 2.17. The van der Waals surface area contributed by atoms with E-state index in [1.165, 1.54) is 0 Å². The number of nitrogens with two attached hydrogens (primary N) is 1. The van der Waals surface area contributed by atoms with Crippen LogP contribution in [0, 0.1) is 0 Å². The molecule has 4 nitrogen and oxygen atoms in total. The van der Waals surface area contributed by atoms with Crippen molar-refractivity contribution in [1.29, 1.82) is 0 Å². The first kappa shape index (κ1) is 14.3. The summed E-state index contributed by atoms with van der Waals surface area (Å²) in [6.45, 7) is 2.95. The summed E-state index contributed by atoms with van der Waals surface area (Å²) in [7, 11) is 0. The Morgan fingerprint density at radius 3 is 2.80 bits per heavy atom. The summed E-state index contributed by atoms with van der Waals surface area (Å²) in [5.41, 5.74) is 7.92. The van der Waals surface area contributed by atoms with Crippen LogP contribution in [0.1, 0.15) is 24.1 Å². The van der Waals surface area contributed by atoms with Crippen molar-refractivity contribution in [2.45, 2.75) is 19.3 Å². The number of aromatic hydroxyl groups is 1. The summed E-state index contributed by atoms with van der Waals surface area (Å²) >= 11 is 0. The summed E-state index contributed by atoms with van der Waals surface area (Å²) in [4.78, 5) is 4.36. The minimum atomic E-state index is 0.162. The molecule has 20 heavy (non-hydrogen) atoms. The Hall–Kier alpha value is -2.07. The van der Waals surface area contributed by atoms with Gasteiger partial charge < -0.3 is 15.6 Å². The highest BCUT2D eigenvalue weighted by molar-refractivity contribution is 5.42. The maximum Gasteiger partial charge on any atom is 0.161 e. The zero-order valence-corrected chi connectivity index (χ0v) is 11.6. The van der Waals surface area contributed by atoms with Crippen LogP contribution in [0.4, 0.5) is 0 Å². The Labute approximate surface area is 119 Å². The highest BCUT2D eigenvalue weighted by Gasteiger charge is 2.13. The fourth-order valence-corrected chi connectivity index (χ4v) is 2.17. The average Bonchev–Trinajstić information content (AvgIpc) is 2.49. The fraction of sp³-hybridized carbons (Fsp3) is 0.312. The summed E-state index contributed by atoms with van der Waals surface area (Å²) in [6.07, 6.45) is 2.55. The highest BCUT2D eigenvalue weighted by atomic mass is 16.5. The van der Waals surface area contributed by atoms with E-state index in [9.17, 15) is 5.11 Å². The maximum atomic E-state index is 9.71. The van der Waals surface area contributed by atoms with Gasteiger partial charge in [-0.05, 0) is 43.2 Å². The van der Waals surface area contributed by atoms with Gasteiger partial charge in [-0.2, -0.15) is 0 Å². The standard InChI is InChI=1S/C16H20N2O2/c1-2-20-16-10-12(6-7-15(16)19)9-13(11-17)14-5-3-4-8-18-14/h3-8,10,13,19H,2,9,11,17H2,1H3. The SMILES string of the molecule is CCOc1cc(CC(CN)c2ccccn2)ccc1O. The zero-order chi connectivity index (χ0) is 14.4. The molecule has 1 aromatic carbocycles. The number of nitrogens with zero attached hydrogens (tertiary/aromatic N) is 1. The first-order chi connectivity index (χ1) is 9.74. The number of phenolic OH excluding ortho intramolecular Hbond substituents is 1. The first-order valence-corrected chi connectivity index (χ1v) is 6.80. The summed E-state index contributed by atoms with van der Waals surface area (Å²) in [6, 6.07) is 11.3. The number of pyridine rings is 1. The van der Waals surface area contributed by atoms with Gasteiger partial charge in [0.2, 0.25) is 0 Å². The summed E-state index contributed by atoms with van der Waals surface area (Å²) in [5, 5.41) is 9.71. The smallest absolute Gasteiger partial charge is 0.161 e. The molecule has 106 valence electrons. The van der Waals surface area contributed by atoms with Gasteiger partial charge in [-0.3, -0.25) is 4.98 Å². The molecule has 2 aromatic rings. The van der Waals surface area contributed by atoms with Gasteiger partial charge in [0.15, 0.2) is 11.5 Å². The third-order valence-corrected chi connectivity index (χ3v) is 3.20. The monoisotopic (exact) mass is 272 g/mol. The number of hydrogen-bond donors (Lipinski definition) is 2. The molecule has 0 saturated carbocycles. The highest BCUT2D eigenvalue weighted by Crippen LogP contribution is 2.29. The predicted molar refractivity (Wildman–Crippen MR) is 79.0 cm³/mol. The van der Waals surface area contributed by atoms with Crippen molar-refractivity contribution in [3.63, 3.8) is 0 Å². The number of rotatable bonds is 6. The molecule has 1 aromatic heterocycles. The largest absolute Gasteiger partial charge is 0.504 e. The van der Waals surface area contributed by atoms with E-state index in [-0.39, 0.29) is 11.7 Å². The molecule has 0 aliphatic rings. The molecule has 0 radical (unpaired) electrons. The molecule has 0 spiro atoms. The van der Waals surface area contributed by atoms with E-state index in [0.717, 1.165) is 17.7 Å². The van der Waals surface area contributed by atoms with E-state index in [1.807, 2.05) is 37.3 Å². The molecule has 0 amide bonds. The number of ether oxygens (including phenoxy) is 1. The Morgan fingerprint density at radius 1 is 1.30 bits per heavy atom. The van der Waals surface area contributed by atoms with Crippen LogP contribution in [-0.4, -0.2) is 23.2 Å². The number of aromatic nitrogens is 1. The van der Waals surface area contributed by atoms with E-state index in [0.29, 0.717) is 18.9 Å². The lowest BCUT2D eigenvalue weighted by molar-refractivity contribution is 0.317. The molecule has 0 fully saturated rings. The fourth-order valence-electron chi connectivity index (χ4n) is 2.17. The van der Waals surface area contributed by atoms with Crippen molar-refractivity contribution < 1.29 is 9.84 Å². The average molecular weight is 272 g/mol. The molecule has 3 N–H and O–H groups in total. The van der Waals surface area contributed by atoms with Gasteiger partial charge in [-0.25, -0.2) is 0 Å². The Bertz CT molecular complexity index is 543. The van der Waals surface area contributed by atoms with Gasteiger partial charge in [0.25, 0.3) is 0 Å². The van der Waals surface area contributed by atoms with Crippen molar-refractivity contribution in [3.05, 3.63) is 53.9 Å². The van der Waals surface area contributed by atoms with Gasteiger partial charge in [-0.15, -0.1) is 0 Å². The molecular weight excluding hydrogens is 252 g/mol. The van der Waals surface area contributed by atoms with Crippen molar-refractivity contribution in [2.24, 2.45) is 5.73 Å². The number of hydrogen-bond acceptors (Lipinski definition) is 4. The Morgan fingerprint density at radius 2 is 2.15 bits per heavy atom. The van der Waals surface area contributed by atoms with Crippen LogP contribution in [-0.2, 0) is 6.42 Å². The van der Waals surface area contributed by atoms with E-state index < -0.39 is 0 Å². The lowest BCUT2D eigenvalue weighted by Gasteiger charge is -2.15. The molecule has 0 saturated heterocycles. The maximum absolute atomic E-state index is 9.71. The second-order valence-electron chi connectivity index (χ2n) is 4.63. The number of benzene rings is 1. The second-order valence-corrected chi connectivity index (χ2v) is 4.63. The number of phenols is 1. The van der Waals surface area contributed by atoms with E-state index in [4.69, 9.17) is 10.5 Å². The zero-order valence-electron chi connectivity index (χ0n) is 11.6. The van der Waals surface area contributed by atoms with Crippen LogP contribution in [0.15, 0.2) is 42.6 Å².